The summed E-state index contributed by atoms with van der Waals surface area (Å²) in [6.07, 6.45) is 5.22. The molecular weight excluding hydrogens is 266 g/mol. The van der Waals surface area contributed by atoms with Crippen molar-refractivity contribution in [1.82, 2.24) is 4.98 Å². The molecule has 2 aliphatic heterocycles. The third kappa shape index (κ3) is 3.30. The maximum absolute atomic E-state index is 9.26. The lowest BCUT2D eigenvalue weighted by Crippen LogP contribution is -2.36. The molecule has 3 rings (SSSR count). The number of aliphatic hydroxyl groups excluding tert-OH is 1. The summed E-state index contributed by atoms with van der Waals surface area (Å²) in [6.45, 7) is 5.18. The second-order valence-electron chi connectivity index (χ2n) is 6.10. The highest BCUT2D eigenvalue weighted by Gasteiger charge is 2.26. The molecular formula is C16H25N3O2. The van der Waals surface area contributed by atoms with Gasteiger partial charge in [0, 0.05) is 32.5 Å². The Bertz CT molecular complexity index is 461. The fourth-order valence-corrected chi connectivity index (χ4v) is 3.21. The molecule has 2 atom stereocenters. The monoisotopic (exact) mass is 291 g/mol. The predicted octanol–water partition coefficient (Wildman–Crippen LogP) is 1.88. The molecule has 3 heterocycles. The topological polar surface area (TPSA) is 57.6 Å². The van der Waals surface area contributed by atoms with Gasteiger partial charge in [-0.2, -0.15) is 0 Å². The van der Waals surface area contributed by atoms with Crippen LogP contribution in [0.4, 0.5) is 11.5 Å². The minimum atomic E-state index is 0.248. The first-order valence-electron chi connectivity index (χ1n) is 7.97. The van der Waals surface area contributed by atoms with E-state index in [1.807, 2.05) is 12.3 Å². The number of anilines is 2. The minimum Gasteiger partial charge on any atom is -0.396 e. The minimum absolute atomic E-state index is 0.248. The van der Waals surface area contributed by atoms with Crippen LogP contribution in [0.15, 0.2) is 18.3 Å². The van der Waals surface area contributed by atoms with E-state index in [-0.39, 0.29) is 6.10 Å². The maximum atomic E-state index is 9.26. The summed E-state index contributed by atoms with van der Waals surface area (Å²) >= 11 is 0. The molecule has 0 saturated carbocycles. The number of ether oxygens (including phenoxy) is 1. The normalized spacial score (nSPS) is 27.0. The summed E-state index contributed by atoms with van der Waals surface area (Å²) < 4.78 is 5.63. The quantitative estimate of drug-likeness (QED) is 0.887. The van der Waals surface area contributed by atoms with Gasteiger partial charge in [-0.3, -0.25) is 0 Å². The van der Waals surface area contributed by atoms with Crippen molar-refractivity contribution in [3.63, 3.8) is 0 Å². The van der Waals surface area contributed by atoms with Crippen LogP contribution in [0.3, 0.4) is 0 Å². The summed E-state index contributed by atoms with van der Waals surface area (Å²) in [7, 11) is 0. The number of pyridine rings is 1. The zero-order valence-electron chi connectivity index (χ0n) is 12.7. The Morgan fingerprint density at radius 1 is 1.38 bits per heavy atom. The lowest BCUT2D eigenvalue weighted by Gasteiger charge is -2.33. The molecule has 2 N–H and O–H groups in total. The highest BCUT2D eigenvalue weighted by atomic mass is 16.5. The number of hydrogen-bond donors (Lipinski definition) is 2. The largest absolute Gasteiger partial charge is 0.396 e. The molecule has 0 spiro atoms. The van der Waals surface area contributed by atoms with Crippen LogP contribution in [0.5, 0.6) is 0 Å². The second kappa shape index (κ2) is 6.62. The van der Waals surface area contributed by atoms with Gasteiger partial charge in [0.2, 0.25) is 0 Å². The van der Waals surface area contributed by atoms with Crippen LogP contribution >= 0.6 is 0 Å². The van der Waals surface area contributed by atoms with Gasteiger partial charge in [-0.15, -0.1) is 0 Å². The molecule has 1 aromatic heterocycles. The van der Waals surface area contributed by atoms with Gasteiger partial charge >= 0.3 is 0 Å². The number of nitrogens with one attached hydrogen (secondary N) is 1. The van der Waals surface area contributed by atoms with Crippen molar-refractivity contribution in [1.29, 1.82) is 0 Å². The number of hydrogen-bond acceptors (Lipinski definition) is 5. The maximum Gasteiger partial charge on any atom is 0.151 e. The molecule has 21 heavy (non-hydrogen) atoms. The van der Waals surface area contributed by atoms with Crippen molar-refractivity contribution in [2.75, 3.05) is 36.5 Å². The molecule has 0 radical (unpaired) electrons. The van der Waals surface area contributed by atoms with Gasteiger partial charge in [-0.1, -0.05) is 0 Å². The Labute approximate surface area is 126 Å². The van der Waals surface area contributed by atoms with Crippen molar-refractivity contribution in [3.8, 4) is 0 Å². The van der Waals surface area contributed by atoms with Crippen LogP contribution in [0.1, 0.15) is 26.2 Å². The molecule has 5 nitrogen and oxygen atoms in total. The van der Waals surface area contributed by atoms with Crippen LogP contribution < -0.4 is 10.2 Å². The first kappa shape index (κ1) is 14.6. The molecule has 2 aliphatic rings. The van der Waals surface area contributed by atoms with Gasteiger partial charge in [-0.25, -0.2) is 4.98 Å². The summed E-state index contributed by atoms with van der Waals surface area (Å²) in [5, 5.41) is 12.9. The fourth-order valence-electron chi connectivity index (χ4n) is 3.21. The Balaban J connectivity index is 1.70. The first-order valence-corrected chi connectivity index (χ1v) is 7.97. The second-order valence-corrected chi connectivity index (χ2v) is 6.10. The smallest absolute Gasteiger partial charge is 0.151 e. The van der Waals surface area contributed by atoms with E-state index in [0.29, 0.717) is 18.6 Å². The van der Waals surface area contributed by atoms with Gasteiger partial charge in [0.15, 0.2) is 5.82 Å². The van der Waals surface area contributed by atoms with Crippen LogP contribution in [-0.4, -0.2) is 48.5 Å². The van der Waals surface area contributed by atoms with Crippen LogP contribution in [-0.2, 0) is 4.74 Å². The molecule has 2 saturated heterocycles. The average Bonchev–Trinajstić information content (AvgIpc) is 2.93. The van der Waals surface area contributed by atoms with Gasteiger partial charge in [0.25, 0.3) is 0 Å². The number of nitrogens with zero attached hydrogens (tertiary/aromatic N) is 2. The molecule has 5 heteroatoms. The third-order valence-electron chi connectivity index (χ3n) is 4.68. The zero-order valence-corrected chi connectivity index (χ0v) is 12.7. The van der Waals surface area contributed by atoms with E-state index in [1.54, 1.807) is 0 Å². The van der Waals surface area contributed by atoms with Gasteiger partial charge in [0.1, 0.15) is 0 Å². The van der Waals surface area contributed by atoms with Gasteiger partial charge < -0.3 is 20.1 Å². The zero-order chi connectivity index (χ0) is 14.7. The molecule has 0 aromatic carbocycles. The molecule has 116 valence electrons. The van der Waals surface area contributed by atoms with Crippen LogP contribution in [0.2, 0.25) is 0 Å². The lowest BCUT2D eigenvalue weighted by molar-refractivity contribution is 0.121. The summed E-state index contributed by atoms with van der Waals surface area (Å²) in [6, 6.07) is 4.45. The van der Waals surface area contributed by atoms with Crippen molar-refractivity contribution in [2.45, 2.75) is 38.3 Å². The third-order valence-corrected chi connectivity index (χ3v) is 4.68. The molecule has 0 amide bonds. The Morgan fingerprint density at radius 3 is 2.86 bits per heavy atom. The fraction of sp³-hybridized carbons (Fsp3) is 0.688. The van der Waals surface area contributed by atoms with E-state index in [0.717, 1.165) is 50.5 Å². The Kier molecular flexibility index (Phi) is 4.60. The predicted molar refractivity (Wildman–Crippen MR) is 83.7 cm³/mol. The average molecular weight is 291 g/mol. The molecule has 2 unspecified atom stereocenters. The van der Waals surface area contributed by atoms with Gasteiger partial charge in [-0.05, 0) is 44.2 Å². The van der Waals surface area contributed by atoms with Crippen molar-refractivity contribution >= 4 is 11.5 Å². The molecule has 0 aliphatic carbocycles. The lowest BCUT2D eigenvalue weighted by atomic mass is 9.98. The van der Waals surface area contributed by atoms with Gasteiger partial charge in [0.05, 0.1) is 17.8 Å². The van der Waals surface area contributed by atoms with Crippen molar-refractivity contribution in [2.24, 2.45) is 5.92 Å². The summed E-state index contributed by atoms with van der Waals surface area (Å²) in [4.78, 5) is 6.91. The highest BCUT2D eigenvalue weighted by Crippen LogP contribution is 2.29. The molecule has 2 fully saturated rings. The molecule has 1 aromatic rings. The van der Waals surface area contributed by atoms with E-state index in [1.165, 1.54) is 0 Å². The number of piperidine rings is 1. The van der Waals surface area contributed by atoms with E-state index in [9.17, 15) is 5.11 Å². The number of rotatable bonds is 4. The highest BCUT2D eigenvalue weighted by molar-refractivity contribution is 5.66. The number of aromatic nitrogens is 1. The van der Waals surface area contributed by atoms with Crippen LogP contribution in [0.25, 0.3) is 0 Å². The van der Waals surface area contributed by atoms with E-state index in [2.05, 4.69) is 28.2 Å². The van der Waals surface area contributed by atoms with Crippen LogP contribution in [0, 0.1) is 5.92 Å². The SMILES string of the molecule is CC1OCCC1Nc1cccnc1N1CCC(CO)CC1. The number of aliphatic hydroxyl groups is 1. The van der Waals surface area contributed by atoms with E-state index in [4.69, 9.17) is 4.74 Å². The Morgan fingerprint density at radius 2 is 2.19 bits per heavy atom. The van der Waals surface area contributed by atoms with E-state index >= 15 is 0 Å². The van der Waals surface area contributed by atoms with Crippen molar-refractivity contribution in [3.05, 3.63) is 18.3 Å². The summed E-state index contributed by atoms with van der Waals surface area (Å²) in [5.41, 5.74) is 1.10. The molecule has 0 bridgehead atoms. The first-order chi connectivity index (χ1) is 10.3. The Hall–Kier alpha value is -1.33. The standard InChI is InChI=1S/C16H25N3O2/c1-12-14(6-10-21-12)18-15-3-2-7-17-16(15)19-8-4-13(11-20)5-9-19/h2-3,7,12-14,18,20H,4-6,8-11H2,1H3. The van der Waals surface area contributed by atoms with Crippen molar-refractivity contribution < 1.29 is 9.84 Å². The van der Waals surface area contributed by atoms with E-state index < -0.39 is 0 Å². The summed E-state index contributed by atoms with van der Waals surface area (Å²) in [5.74, 6) is 1.48.